The highest BCUT2D eigenvalue weighted by Crippen LogP contribution is 2.27. The van der Waals surface area contributed by atoms with Crippen molar-refractivity contribution in [3.63, 3.8) is 0 Å². The van der Waals surface area contributed by atoms with Crippen LogP contribution in [0.4, 0.5) is 0 Å². The second-order valence-corrected chi connectivity index (χ2v) is 8.93. The number of hydrogen-bond acceptors (Lipinski definition) is 5. The third-order valence-corrected chi connectivity index (χ3v) is 6.74. The first-order valence-corrected chi connectivity index (χ1v) is 10.9. The lowest BCUT2D eigenvalue weighted by atomic mass is 10.1. The Morgan fingerprint density at radius 3 is 2.67 bits per heavy atom. The molecule has 0 aliphatic heterocycles. The minimum atomic E-state index is -3.77. The Hall–Kier alpha value is -1.59. The van der Waals surface area contributed by atoms with Gasteiger partial charge in [0.1, 0.15) is 6.07 Å². The number of thioether (sulfide) groups is 1. The molecule has 0 saturated heterocycles. The molecular weight excluding hydrogens is 360 g/mol. The lowest BCUT2D eigenvalue weighted by Gasteiger charge is -2.05. The molecule has 0 aliphatic rings. The van der Waals surface area contributed by atoms with E-state index in [1.165, 1.54) is 17.4 Å². The van der Waals surface area contributed by atoms with E-state index in [-0.39, 0.29) is 4.91 Å². The van der Waals surface area contributed by atoms with Crippen molar-refractivity contribution in [1.29, 1.82) is 5.26 Å². The molecule has 24 heavy (non-hydrogen) atoms. The smallest absolute Gasteiger partial charge is 0.211 e. The van der Waals surface area contributed by atoms with Crippen LogP contribution in [0.1, 0.15) is 16.9 Å². The number of nitriles is 1. The summed E-state index contributed by atoms with van der Waals surface area (Å²) in [6, 6.07) is 15.4. The van der Waals surface area contributed by atoms with Gasteiger partial charge in [-0.15, -0.1) is 23.1 Å². The van der Waals surface area contributed by atoms with Crippen molar-refractivity contribution in [3.05, 3.63) is 57.8 Å². The molecule has 4 nitrogen and oxygen atoms in total. The predicted octanol–water partition coefficient (Wildman–Crippen LogP) is 3.89. The van der Waals surface area contributed by atoms with Crippen LogP contribution in [0.3, 0.4) is 0 Å². The SMILES string of the molecule is CSc1ccc(/C=C(\C#N)S(=O)(=O)NCCCc2ccccc2)s1. The van der Waals surface area contributed by atoms with E-state index in [4.69, 9.17) is 0 Å². The minimum absolute atomic E-state index is 0.253. The van der Waals surface area contributed by atoms with E-state index in [0.29, 0.717) is 13.0 Å². The van der Waals surface area contributed by atoms with E-state index in [0.717, 1.165) is 21.1 Å². The number of rotatable bonds is 8. The normalized spacial score (nSPS) is 12.1. The van der Waals surface area contributed by atoms with Gasteiger partial charge in [-0.1, -0.05) is 30.3 Å². The Bertz CT molecular complexity index is 834. The van der Waals surface area contributed by atoms with E-state index in [1.807, 2.05) is 48.7 Å². The second-order valence-electron chi connectivity index (χ2n) is 4.97. The highest BCUT2D eigenvalue weighted by molar-refractivity contribution is 8.00. The second kappa shape index (κ2) is 9.04. The number of nitrogens with zero attached hydrogens (tertiary/aromatic N) is 1. The predicted molar refractivity (Wildman–Crippen MR) is 101 cm³/mol. The van der Waals surface area contributed by atoms with E-state index < -0.39 is 10.0 Å². The fourth-order valence-corrected chi connectivity index (χ4v) is 4.60. The van der Waals surface area contributed by atoms with Gasteiger partial charge in [-0.25, -0.2) is 13.1 Å². The molecule has 0 atom stereocenters. The number of benzene rings is 1. The van der Waals surface area contributed by atoms with Crippen molar-refractivity contribution in [3.8, 4) is 6.07 Å². The van der Waals surface area contributed by atoms with Gasteiger partial charge in [0.25, 0.3) is 10.0 Å². The van der Waals surface area contributed by atoms with E-state index in [2.05, 4.69) is 4.72 Å². The largest absolute Gasteiger partial charge is 0.250 e. The van der Waals surface area contributed by atoms with Crippen LogP contribution in [0.25, 0.3) is 6.08 Å². The first-order valence-electron chi connectivity index (χ1n) is 7.34. The quantitative estimate of drug-likeness (QED) is 0.430. The van der Waals surface area contributed by atoms with Crippen molar-refractivity contribution in [1.82, 2.24) is 4.72 Å². The highest BCUT2D eigenvalue weighted by Gasteiger charge is 2.17. The molecule has 1 heterocycles. The van der Waals surface area contributed by atoms with Crippen LogP contribution in [0, 0.1) is 11.3 Å². The van der Waals surface area contributed by atoms with Gasteiger partial charge in [-0.2, -0.15) is 5.26 Å². The first kappa shape index (κ1) is 18.7. The fourth-order valence-electron chi connectivity index (χ4n) is 2.04. The molecule has 0 fully saturated rings. The summed E-state index contributed by atoms with van der Waals surface area (Å²) in [4.78, 5) is 0.502. The van der Waals surface area contributed by atoms with Crippen LogP contribution in [-0.2, 0) is 16.4 Å². The molecule has 1 N–H and O–H groups in total. The minimum Gasteiger partial charge on any atom is -0.211 e. The summed E-state index contributed by atoms with van der Waals surface area (Å²) in [5.74, 6) is 0. The van der Waals surface area contributed by atoms with Crippen LogP contribution in [0.2, 0.25) is 0 Å². The van der Waals surface area contributed by atoms with Crippen LogP contribution in [0.15, 0.2) is 51.6 Å². The number of nitrogens with one attached hydrogen (secondary N) is 1. The maximum Gasteiger partial charge on any atom is 0.250 e. The molecule has 126 valence electrons. The van der Waals surface area contributed by atoms with Crippen LogP contribution < -0.4 is 4.72 Å². The summed E-state index contributed by atoms with van der Waals surface area (Å²) in [7, 11) is -3.77. The van der Waals surface area contributed by atoms with Gasteiger partial charge in [0.15, 0.2) is 4.91 Å². The van der Waals surface area contributed by atoms with E-state index in [1.54, 1.807) is 17.8 Å². The molecule has 0 amide bonds. The molecule has 0 bridgehead atoms. The zero-order chi connectivity index (χ0) is 17.4. The lowest BCUT2D eigenvalue weighted by Crippen LogP contribution is -2.26. The Kier molecular flexibility index (Phi) is 7.06. The van der Waals surface area contributed by atoms with Crippen molar-refractivity contribution in [2.24, 2.45) is 0 Å². The maximum absolute atomic E-state index is 12.3. The summed E-state index contributed by atoms with van der Waals surface area (Å²) in [5, 5.41) is 9.18. The van der Waals surface area contributed by atoms with Crippen molar-refractivity contribution >= 4 is 39.2 Å². The molecule has 2 aromatic rings. The van der Waals surface area contributed by atoms with Gasteiger partial charge in [0, 0.05) is 11.4 Å². The third kappa shape index (κ3) is 5.49. The molecule has 1 aromatic heterocycles. The summed E-state index contributed by atoms with van der Waals surface area (Å²) >= 11 is 3.05. The molecule has 0 aliphatic carbocycles. The van der Waals surface area contributed by atoms with Crippen LogP contribution in [-0.4, -0.2) is 21.2 Å². The standard InChI is InChI=1S/C17H18N2O2S3/c1-22-17-10-9-15(23-17)12-16(13-18)24(20,21)19-11-5-8-14-6-3-2-4-7-14/h2-4,6-7,9-10,12,19H,5,8,11H2,1H3/b16-12+. The van der Waals surface area contributed by atoms with E-state index >= 15 is 0 Å². The number of sulfonamides is 1. The molecule has 1 aromatic carbocycles. The van der Waals surface area contributed by atoms with Crippen molar-refractivity contribution < 1.29 is 8.42 Å². The average molecular weight is 379 g/mol. The topological polar surface area (TPSA) is 70.0 Å². The number of allylic oxidation sites excluding steroid dienone is 1. The van der Waals surface area contributed by atoms with Gasteiger partial charge < -0.3 is 0 Å². The Morgan fingerprint density at radius 1 is 1.29 bits per heavy atom. The molecule has 0 radical (unpaired) electrons. The number of hydrogen-bond donors (Lipinski definition) is 1. The lowest BCUT2D eigenvalue weighted by molar-refractivity contribution is 0.587. The summed E-state index contributed by atoms with van der Waals surface area (Å²) in [6.07, 6.45) is 4.84. The van der Waals surface area contributed by atoms with Gasteiger partial charge in [0.05, 0.1) is 4.21 Å². The monoisotopic (exact) mass is 378 g/mol. The van der Waals surface area contributed by atoms with E-state index in [9.17, 15) is 13.7 Å². The molecule has 7 heteroatoms. The zero-order valence-corrected chi connectivity index (χ0v) is 15.7. The molecule has 2 rings (SSSR count). The summed E-state index contributed by atoms with van der Waals surface area (Å²) in [5.41, 5.74) is 1.16. The summed E-state index contributed by atoms with van der Waals surface area (Å²) < 4.78 is 28.1. The Labute approximate surface area is 151 Å². The van der Waals surface area contributed by atoms with Gasteiger partial charge in [-0.05, 0) is 42.9 Å². The highest BCUT2D eigenvalue weighted by atomic mass is 32.2. The van der Waals surface area contributed by atoms with Crippen LogP contribution in [0.5, 0.6) is 0 Å². The molecule has 0 saturated carbocycles. The Balaban J connectivity index is 1.95. The zero-order valence-electron chi connectivity index (χ0n) is 13.2. The van der Waals surface area contributed by atoms with Gasteiger partial charge in [-0.3, -0.25) is 0 Å². The maximum atomic E-state index is 12.3. The third-order valence-electron chi connectivity index (χ3n) is 3.25. The van der Waals surface area contributed by atoms with Gasteiger partial charge >= 0.3 is 0 Å². The summed E-state index contributed by atoms with van der Waals surface area (Å²) in [6.45, 7) is 0.302. The number of aryl methyl sites for hydroxylation is 1. The van der Waals surface area contributed by atoms with Gasteiger partial charge in [0.2, 0.25) is 0 Å². The van der Waals surface area contributed by atoms with Crippen LogP contribution >= 0.6 is 23.1 Å². The Morgan fingerprint density at radius 2 is 2.04 bits per heavy atom. The number of thiophene rings is 1. The first-order chi connectivity index (χ1) is 11.5. The average Bonchev–Trinajstić information content (AvgIpc) is 3.05. The fraction of sp³-hybridized carbons (Fsp3) is 0.235. The molecule has 0 unspecified atom stereocenters. The van der Waals surface area contributed by atoms with Crippen molar-refractivity contribution in [2.45, 2.75) is 17.1 Å². The van der Waals surface area contributed by atoms with Crippen molar-refractivity contribution in [2.75, 3.05) is 12.8 Å². The molecule has 0 spiro atoms. The molecular formula is C17H18N2O2S3.